The van der Waals surface area contributed by atoms with Gasteiger partial charge in [-0.25, -0.2) is 0 Å². The largest absolute Gasteiger partial charge is 0.328 e. The van der Waals surface area contributed by atoms with Crippen LogP contribution in [0.5, 0.6) is 0 Å². The first kappa shape index (κ1) is 18.8. The van der Waals surface area contributed by atoms with Gasteiger partial charge in [0, 0.05) is 17.1 Å². The van der Waals surface area contributed by atoms with E-state index in [2.05, 4.69) is 0 Å². The van der Waals surface area contributed by atoms with Crippen LogP contribution in [0.1, 0.15) is 75.8 Å². The topological polar surface area (TPSA) is 40.6 Å². The zero-order chi connectivity index (χ0) is 18.8. The van der Waals surface area contributed by atoms with Crippen molar-refractivity contribution in [3.8, 4) is 0 Å². The van der Waals surface area contributed by atoms with E-state index in [4.69, 9.17) is 11.6 Å². The lowest BCUT2D eigenvalue weighted by atomic mass is 9.88. The second-order valence-corrected chi connectivity index (χ2v) is 8.74. The molecule has 4 nitrogen and oxygen atoms in total. The lowest BCUT2D eigenvalue weighted by Crippen LogP contribution is -2.61. The van der Waals surface area contributed by atoms with Crippen LogP contribution in [0.25, 0.3) is 0 Å². The van der Waals surface area contributed by atoms with Crippen LogP contribution in [0.4, 0.5) is 0 Å². The molecule has 5 heteroatoms. The summed E-state index contributed by atoms with van der Waals surface area (Å²) < 4.78 is 0. The van der Waals surface area contributed by atoms with E-state index in [-0.39, 0.29) is 30.4 Å². The minimum absolute atomic E-state index is 0.106. The Bertz CT molecular complexity index is 678. The Labute approximate surface area is 166 Å². The summed E-state index contributed by atoms with van der Waals surface area (Å²) in [6, 6.07) is 7.40. The number of hydrogen-bond acceptors (Lipinski definition) is 2. The van der Waals surface area contributed by atoms with Crippen LogP contribution in [0, 0.1) is 0 Å². The first-order valence-corrected chi connectivity index (χ1v) is 10.9. The van der Waals surface area contributed by atoms with Gasteiger partial charge in [0.05, 0.1) is 0 Å². The van der Waals surface area contributed by atoms with Crippen LogP contribution in [0.3, 0.4) is 0 Å². The third-order valence-corrected chi connectivity index (χ3v) is 6.81. The highest BCUT2D eigenvalue weighted by Crippen LogP contribution is 2.37. The van der Waals surface area contributed by atoms with Gasteiger partial charge < -0.3 is 9.80 Å². The average molecular weight is 389 g/mol. The smallest absolute Gasteiger partial charge is 0.250 e. The number of amides is 2. The summed E-state index contributed by atoms with van der Waals surface area (Å²) in [5.74, 6) is 0.224. The van der Waals surface area contributed by atoms with Crippen LogP contribution < -0.4 is 0 Å². The molecule has 0 N–H and O–H groups in total. The first-order chi connectivity index (χ1) is 13.1. The number of carbonyl (C=O) groups excluding carboxylic acids is 2. The molecule has 1 aromatic carbocycles. The van der Waals surface area contributed by atoms with E-state index < -0.39 is 6.04 Å². The summed E-state index contributed by atoms with van der Waals surface area (Å²) in [7, 11) is 0. The third kappa shape index (κ3) is 3.87. The molecular formula is C22H29ClN2O2. The molecule has 0 bridgehead atoms. The third-order valence-electron chi connectivity index (χ3n) is 6.56. The SMILES string of the molecule is O=C1[C@H](c2ccc(Cl)cc2)N(C2CCCCC2)C(=O)CN1C1CCCCC1. The molecule has 0 unspecified atom stereocenters. The normalized spacial score (nSPS) is 25.9. The Morgan fingerprint density at radius 1 is 0.778 bits per heavy atom. The van der Waals surface area contributed by atoms with E-state index in [0.717, 1.165) is 56.9 Å². The van der Waals surface area contributed by atoms with E-state index in [0.29, 0.717) is 5.02 Å². The Kier molecular flexibility index (Phi) is 5.72. The van der Waals surface area contributed by atoms with Crippen molar-refractivity contribution in [3.05, 3.63) is 34.9 Å². The molecule has 3 fully saturated rings. The van der Waals surface area contributed by atoms with Crippen molar-refractivity contribution >= 4 is 23.4 Å². The molecule has 1 heterocycles. The van der Waals surface area contributed by atoms with E-state index in [9.17, 15) is 9.59 Å². The van der Waals surface area contributed by atoms with Gasteiger partial charge >= 0.3 is 0 Å². The summed E-state index contributed by atoms with van der Waals surface area (Å²) in [4.78, 5) is 30.7. The zero-order valence-electron chi connectivity index (χ0n) is 15.9. The molecule has 2 amide bonds. The molecule has 27 heavy (non-hydrogen) atoms. The van der Waals surface area contributed by atoms with Crippen LogP contribution in [0.15, 0.2) is 24.3 Å². The highest BCUT2D eigenvalue weighted by Gasteiger charge is 2.45. The molecule has 1 aromatic rings. The van der Waals surface area contributed by atoms with Crippen molar-refractivity contribution in [2.45, 2.75) is 82.3 Å². The fraction of sp³-hybridized carbons (Fsp3) is 0.636. The molecule has 2 aliphatic carbocycles. The Balaban J connectivity index is 1.67. The van der Waals surface area contributed by atoms with E-state index in [1.54, 1.807) is 0 Å². The summed E-state index contributed by atoms with van der Waals surface area (Å²) in [5.41, 5.74) is 0.892. The predicted octanol–water partition coefficient (Wildman–Crippen LogP) is 4.72. The fourth-order valence-corrected chi connectivity index (χ4v) is 5.27. The van der Waals surface area contributed by atoms with Gasteiger partial charge in [0.1, 0.15) is 12.6 Å². The number of carbonyl (C=O) groups is 2. The number of nitrogens with zero attached hydrogens (tertiary/aromatic N) is 2. The van der Waals surface area contributed by atoms with Crippen molar-refractivity contribution < 1.29 is 9.59 Å². The monoisotopic (exact) mass is 388 g/mol. The fourth-order valence-electron chi connectivity index (χ4n) is 5.15. The predicted molar refractivity (Wildman–Crippen MR) is 106 cm³/mol. The molecule has 3 aliphatic rings. The van der Waals surface area contributed by atoms with Gasteiger partial charge in [-0.1, -0.05) is 62.3 Å². The summed E-state index contributed by atoms with van der Waals surface area (Å²) in [5, 5.41) is 0.654. The highest BCUT2D eigenvalue weighted by molar-refractivity contribution is 6.30. The summed E-state index contributed by atoms with van der Waals surface area (Å²) in [6.07, 6.45) is 11.1. The van der Waals surface area contributed by atoms with Gasteiger partial charge in [-0.3, -0.25) is 9.59 Å². The Hall–Kier alpha value is -1.55. The average Bonchev–Trinajstić information content (AvgIpc) is 2.71. The van der Waals surface area contributed by atoms with Crippen molar-refractivity contribution in [1.82, 2.24) is 9.80 Å². The van der Waals surface area contributed by atoms with Crippen LogP contribution >= 0.6 is 11.6 Å². The number of halogens is 1. The molecule has 1 atom stereocenters. The van der Waals surface area contributed by atoms with Gasteiger partial charge in [0.15, 0.2) is 0 Å². The molecule has 1 aliphatic heterocycles. The Morgan fingerprint density at radius 3 is 1.93 bits per heavy atom. The Morgan fingerprint density at radius 2 is 1.33 bits per heavy atom. The van der Waals surface area contributed by atoms with Gasteiger partial charge in [-0.05, 0) is 43.4 Å². The number of benzene rings is 1. The maximum absolute atomic E-state index is 13.6. The van der Waals surface area contributed by atoms with Gasteiger partial charge in [0.25, 0.3) is 5.91 Å². The lowest BCUT2D eigenvalue weighted by molar-refractivity contribution is -0.162. The lowest BCUT2D eigenvalue weighted by Gasteiger charge is -2.48. The molecule has 0 aromatic heterocycles. The van der Waals surface area contributed by atoms with Crippen LogP contribution in [0.2, 0.25) is 5.02 Å². The molecule has 146 valence electrons. The molecule has 4 rings (SSSR count). The van der Waals surface area contributed by atoms with Crippen molar-refractivity contribution in [2.24, 2.45) is 0 Å². The molecule has 1 saturated heterocycles. The zero-order valence-corrected chi connectivity index (χ0v) is 16.7. The first-order valence-electron chi connectivity index (χ1n) is 10.5. The molecule has 2 saturated carbocycles. The summed E-state index contributed by atoms with van der Waals surface area (Å²) >= 11 is 6.08. The second kappa shape index (κ2) is 8.22. The van der Waals surface area contributed by atoms with Gasteiger partial charge in [-0.2, -0.15) is 0 Å². The van der Waals surface area contributed by atoms with Crippen molar-refractivity contribution in [2.75, 3.05) is 6.54 Å². The van der Waals surface area contributed by atoms with E-state index in [1.807, 2.05) is 34.1 Å². The minimum Gasteiger partial charge on any atom is -0.328 e. The number of hydrogen-bond donors (Lipinski definition) is 0. The van der Waals surface area contributed by atoms with Crippen molar-refractivity contribution in [3.63, 3.8) is 0 Å². The quantitative estimate of drug-likeness (QED) is 0.751. The van der Waals surface area contributed by atoms with Gasteiger partial charge in [0.2, 0.25) is 5.91 Å². The molecule has 0 spiro atoms. The van der Waals surface area contributed by atoms with Crippen molar-refractivity contribution in [1.29, 1.82) is 0 Å². The molecular weight excluding hydrogens is 360 g/mol. The van der Waals surface area contributed by atoms with Crippen LogP contribution in [-0.4, -0.2) is 40.2 Å². The standard InChI is InChI=1S/C22H29ClN2O2/c23-17-13-11-16(12-14-17)21-22(27)24(18-7-3-1-4-8-18)15-20(26)25(21)19-9-5-2-6-10-19/h11-14,18-19,21H,1-10,15H2/t21-/m0/s1. The van der Waals surface area contributed by atoms with E-state index in [1.165, 1.54) is 12.8 Å². The summed E-state index contributed by atoms with van der Waals surface area (Å²) in [6.45, 7) is 0.254. The van der Waals surface area contributed by atoms with Gasteiger partial charge in [-0.15, -0.1) is 0 Å². The van der Waals surface area contributed by atoms with E-state index >= 15 is 0 Å². The number of piperazine rings is 1. The van der Waals surface area contributed by atoms with Crippen LogP contribution in [-0.2, 0) is 9.59 Å². The highest BCUT2D eigenvalue weighted by atomic mass is 35.5. The minimum atomic E-state index is -0.492. The second-order valence-electron chi connectivity index (χ2n) is 8.30. The number of rotatable bonds is 3. The maximum Gasteiger partial charge on any atom is 0.250 e. The molecule has 0 radical (unpaired) electrons. The maximum atomic E-state index is 13.6.